The summed E-state index contributed by atoms with van der Waals surface area (Å²) in [7, 11) is -4.45. The molecule has 1 aromatic heterocycles. The topological polar surface area (TPSA) is 139 Å². The van der Waals surface area contributed by atoms with E-state index in [1.54, 1.807) is 0 Å². The average Bonchev–Trinajstić information content (AvgIpc) is 2.16. The van der Waals surface area contributed by atoms with E-state index in [-0.39, 0.29) is 18.0 Å². The van der Waals surface area contributed by atoms with Gasteiger partial charge in [-0.25, -0.2) is 4.98 Å². The summed E-state index contributed by atoms with van der Waals surface area (Å²) in [5.41, 5.74) is 4.98. The van der Waals surface area contributed by atoms with Gasteiger partial charge in [-0.1, -0.05) is 0 Å². The third-order valence-electron chi connectivity index (χ3n) is 1.81. The molecular formula is C7H11N4O4P. The van der Waals surface area contributed by atoms with Crippen LogP contribution in [0, 0.1) is 0 Å². The number of hydrogen-bond acceptors (Lipinski definition) is 6. The van der Waals surface area contributed by atoms with Crippen molar-refractivity contribution in [2.45, 2.75) is 19.4 Å². The highest BCUT2D eigenvalue weighted by Crippen LogP contribution is 2.31. The molecule has 0 spiro atoms. The molecule has 9 heteroatoms. The van der Waals surface area contributed by atoms with Crippen LogP contribution in [0.4, 0.5) is 0 Å². The van der Waals surface area contributed by atoms with Gasteiger partial charge in [-0.15, -0.1) is 5.10 Å². The predicted octanol–water partition coefficient (Wildman–Crippen LogP) is -1.87. The van der Waals surface area contributed by atoms with Gasteiger partial charge in [0.05, 0.1) is 12.2 Å². The van der Waals surface area contributed by atoms with E-state index in [2.05, 4.69) is 15.2 Å². The Kier molecular flexibility index (Phi) is 3.82. The molecule has 0 fully saturated rings. The fraction of sp³-hybridized carbons (Fsp3) is 0.429. The predicted molar refractivity (Wildman–Crippen MR) is 53.9 cm³/mol. The van der Waals surface area contributed by atoms with E-state index >= 15 is 0 Å². The summed E-state index contributed by atoms with van der Waals surface area (Å²) in [4.78, 5) is 32.2. The Bertz CT molecular complexity index is 446. The van der Waals surface area contributed by atoms with Crippen molar-refractivity contribution in [2.75, 3.05) is 0 Å². The summed E-state index contributed by atoms with van der Waals surface area (Å²) < 4.78 is 10.9. The third kappa shape index (κ3) is 3.42. The average molecular weight is 246 g/mol. The summed E-state index contributed by atoms with van der Waals surface area (Å²) in [6, 6.07) is -0.797. The van der Waals surface area contributed by atoms with Gasteiger partial charge in [0.2, 0.25) is 0 Å². The number of carbonyl (C=O) groups is 1. The SMILES string of the molecule is CC(=O)[C@@H](N)Cc1nncc(P(=O)(O)O)n1. The minimum absolute atomic E-state index is 0.00380. The second-order valence-electron chi connectivity index (χ2n) is 3.20. The van der Waals surface area contributed by atoms with E-state index in [0.29, 0.717) is 0 Å². The number of Topliss-reactive ketones (excluding diaryl/α,β-unsaturated/α-hetero) is 1. The van der Waals surface area contributed by atoms with Crippen molar-refractivity contribution >= 4 is 18.8 Å². The molecule has 16 heavy (non-hydrogen) atoms. The summed E-state index contributed by atoms with van der Waals surface area (Å²) in [5, 5.41) is 6.93. The van der Waals surface area contributed by atoms with Gasteiger partial charge in [-0.05, 0) is 6.92 Å². The van der Waals surface area contributed by atoms with Gasteiger partial charge in [0.15, 0.2) is 11.3 Å². The lowest BCUT2D eigenvalue weighted by Crippen LogP contribution is -2.32. The van der Waals surface area contributed by atoms with Crippen molar-refractivity contribution in [3.8, 4) is 0 Å². The lowest BCUT2D eigenvalue weighted by Gasteiger charge is -2.07. The molecule has 0 aliphatic carbocycles. The van der Waals surface area contributed by atoms with Gasteiger partial charge in [0, 0.05) is 6.42 Å². The van der Waals surface area contributed by atoms with E-state index in [4.69, 9.17) is 15.5 Å². The van der Waals surface area contributed by atoms with E-state index in [0.717, 1.165) is 6.20 Å². The zero-order chi connectivity index (χ0) is 12.3. The highest BCUT2D eigenvalue weighted by Gasteiger charge is 2.21. The van der Waals surface area contributed by atoms with Crippen molar-refractivity contribution in [3.63, 3.8) is 0 Å². The molecule has 88 valence electrons. The highest BCUT2D eigenvalue weighted by molar-refractivity contribution is 7.59. The van der Waals surface area contributed by atoms with Crippen LogP contribution in [-0.2, 0) is 15.8 Å². The fourth-order valence-corrected chi connectivity index (χ4v) is 1.35. The van der Waals surface area contributed by atoms with E-state index in [1.807, 2.05) is 0 Å². The Morgan fingerprint density at radius 3 is 2.75 bits per heavy atom. The zero-order valence-electron chi connectivity index (χ0n) is 8.44. The molecular weight excluding hydrogens is 235 g/mol. The van der Waals surface area contributed by atoms with E-state index in [1.165, 1.54) is 6.92 Å². The van der Waals surface area contributed by atoms with Crippen LogP contribution in [0.5, 0.6) is 0 Å². The summed E-state index contributed by atoms with van der Waals surface area (Å²) in [6.45, 7) is 1.31. The highest BCUT2D eigenvalue weighted by atomic mass is 31.2. The Balaban J connectivity index is 2.92. The first kappa shape index (κ1) is 12.9. The Morgan fingerprint density at radius 1 is 1.62 bits per heavy atom. The molecule has 0 saturated carbocycles. The second-order valence-corrected chi connectivity index (χ2v) is 4.74. The van der Waals surface area contributed by atoms with Gasteiger partial charge < -0.3 is 15.5 Å². The largest absolute Gasteiger partial charge is 0.376 e. The van der Waals surface area contributed by atoms with Crippen LogP contribution >= 0.6 is 7.60 Å². The van der Waals surface area contributed by atoms with Crippen molar-refractivity contribution < 1.29 is 19.1 Å². The second kappa shape index (κ2) is 4.75. The maximum atomic E-state index is 10.9. The van der Waals surface area contributed by atoms with Crippen molar-refractivity contribution in [1.29, 1.82) is 0 Å². The maximum Gasteiger partial charge on any atom is 0.376 e. The molecule has 0 radical (unpaired) electrons. The Hall–Kier alpha value is -1.21. The van der Waals surface area contributed by atoms with Crippen molar-refractivity contribution in [2.24, 2.45) is 5.73 Å². The number of nitrogens with two attached hydrogens (primary N) is 1. The van der Waals surface area contributed by atoms with Crippen LogP contribution in [-0.4, -0.2) is 36.8 Å². The first-order valence-electron chi connectivity index (χ1n) is 4.31. The molecule has 1 atom stereocenters. The number of rotatable bonds is 4. The number of nitrogens with zero attached hydrogens (tertiary/aromatic N) is 3. The van der Waals surface area contributed by atoms with Gasteiger partial charge in [-0.2, -0.15) is 5.10 Å². The minimum atomic E-state index is -4.45. The minimum Gasteiger partial charge on any atom is -0.321 e. The fourth-order valence-electron chi connectivity index (χ4n) is 0.898. The van der Waals surface area contributed by atoms with E-state index < -0.39 is 19.1 Å². The Labute approximate surface area is 91.1 Å². The van der Waals surface area contributed by atoms with Gasteiger partial charge in [0.25, 0.3) is 0 Å². The first-order chi connectivity index (χ1) is 7.30. The molecule has 1 heterocycles. The molecule has 0 aliphatic heterocycles. The summed E-state index contributed by atoms with van der Waals surface area (Å²) in [6.07, 6.45) is 0.875. The maximum absolute atomic E-state index is 10.9. The molecule has 4 N–H and O–H groups in total. The molecule has 8 nitrogen and oxygen atoms in total. The van der Waals surface area contributed by atoms with Crippen LogP contribution in [0.25, 0.3) is 0 Å². The van der Waals surface area contributed by atoms with Crippen LogP contribution in [0.1, 0.15) is 12.7 Å². The standard InChI is InChI=1S/C7H11N4O4P/c1-4(12)5(8)2-6-10-7(3-9-11-6)16(13,14)15/h3,5H,2,8H2,1H3,(H2,13,14,15)/t5-/m0/s1. The number of hydrogen-bond donors (Lipinski definition) is 3. The van der Waals surface area contributed by atoms with E-state index in [9.17, 15) is 9.36 Å². The molecule has 0 bridgehead atoms. The van der Waals surface area contributed by atoms with Gasteiger partial charge in [-0.3, -0.25) is 9.36 Å². The first-order valence-corrected chi connectivity index (χ1v) is 5.92. The molecule has 0 saturated heterocycles. The van der Waals surface area contributed by atoms with Crippen molar-refractivity contribution in [1.82, 2.24) is 15.2 Å². The third-order valence-corrected chi connectivity index (χ3v) is 2.63. The van der Waals surface area contributed by atoms with Crippen LogP contribution < -0.4 is 11.2 Å². The molecule has 0 amide bonds. The molecule has 1 rings (SSSR count). The Morgan fingerprint density at radius 2 is 2.25 bits per heavy atom. The monoisotopic (exact) mass is 246 g/mol. The lowest BCUT2D eigenvalue weighted by molar-refractivity contribution is -0.118. The molecule has 0 aromatic carbocycles. The normalized spacial score (nSPS) is 13.5. The molecule has 0 aliphatic rings. The molecule has 0 unspecified atom stereocenters. The number of ketones is 1. The summed E-state index contributed by atoms with van der Waals surface area (Å²) in [5.74, 6) is -0.228. The van der Waals surface area contributed by atoms with Crippen molar-refractivity contribution in [3.05, 3.63) is 12.0 Å². The molecule has 1 aromatic rings. The quantitative estimate of drug-likeness (QED) is 0.525. The smallest absolute Gasteiger partial charge is 0.321 e. The summed E-state index contributed by atoms with van der Waals surface area (Å²) >= 11 is 0. The lowest BCUT2D eigenvalue weighted by atomic mass is 10.1. The van der Waals surface area contributed by atoms with Crippen LogP contribution in [0.15, 0.2) is 6.20 Å². The van der Waals surface area contributed by atoms with Crippen LogP contribution in [0.3, 0.4) is 0 Å². The van der Waals surface area contributed by atoms with Crippen LogP contribution in [0.2, 0.25) is 0 Å². The zero-order valence-corrected chi connectivity index (χ0v) is 9.33. The number of aromatic nitrogens is 3. The van der Waals surface area contributed by atoms with Gasteiger partial charge in [0.1, 0.15) is 5.78 Å². The number of carbonyl (C=O) groups excluding carboxylic acids is 1. The van der Waals surface area contributed by atoms with Gasteiger partial charge >= 0.3 is 7.60 Å².